The number of nitrogens with one attached hydrogen (secondary N) is 3. The average molecular weight is 378 g/mol. The molecule has 1 aromatic rings. The highest BCUT2D eigenvalue weighted by atomic mass is 32.2. The molecule has 2 saturated carbocycles. The highest BCUT2D eigenvalue weighted by Gasteiger charge is 2.30. The van der Waals surface area contributed by atoms with Crippen molar-refractivity contribution < 1.29 is 13.8 Å². The van der Waals surface area contributed by atoms with Crippen LogP contribution >= 0.6 is 0 Å². The van der Waals surface area contributed by atoms with E-state index in [0.717, 1.165) is 44.2 Å². The van der Waals surface area contributed by atoms with E-state index < -0.39 is 10.8 Å². The maximum Gasteiger partial charge on any atom is 0.319 e. The third-order valence-corrected chi connectivity index (χ3v) is 6.81. The average Bonchev–Trinajstić information content (AvgIpc) is 3.48. The number of anilines is 2. The molecule has 3 amide bonds. The molecule has 3 N–H and O–H groups in total. The minimum atomic E-state index is -0.897. The van der Waals surface area contributed by atoms with Gasteiger partial charge in [0.1, 0.15) is 0 Å². The molecule has 0 saturated heterocycles. The van der Waals surface area contributed by atoms with Crippen molar-refractivity contribution in [3.63, 3.8) is 0 Å². The summed E-state index contributed by atoms with van der Waals surface area (Å²) in [5.74, 6) is 0.852. The van der Waals surface area contributed by atoms with Gasteiger partial charge >= 0.3 is 6.03 Å². The molecule has 0 spiro atoms. The highest BCUT2D eigenvalue weighted by molar-refractivity contribution is 7.85. The Labute approximate surface area is 157 Å². The zero-order valence-electron chi connectivity index (χ0n) is 15.1. The van der Waals surface area contributed by atoms with Crippen molar-refractivity contribution in [3.8, 4) is 0 Å². The summed E-state index contributed by atoms with van der Waals surface area (Å²) in [6.07, 6.45) is 5.84. The summed E-state index contributed by atoms with van der Waals surface area (Å²) in [5, 5.41) is 8.73. The number of urea groups is 1. The molecule has 0 aliphatic heterocycles. The van der Waals surface area contributed by atoms with Gasteiger partial charge in [-0.05, 0) is 49.9 Å². The minimum absolute atomic E-state index is 0.0402. The van der Waals surface area contributed by atoms with Gasteiger partial charge in [0.2, 0.25) is 5.91 Å². The van der Waals surface area contributed by atoms with Gasteiger partial charge in [-0.3, -0.25) is 9.00 Å². The molecule has 7 heteroatoms. The molecule has 0 bridgehead atoms. The maximum atomic E-state index is 12.3. The van der Waals surface area contributed by atoms with E-state index in [1.54, 1.807) is 24.3 Å². The first-order valence-electron chi connectivity index (χ1n) is 9.42. The Kier molecular flexibility index (Phi) is 6.29. The first kappa shape index (κ1) is 18.9. The lowest BCUT2D eigenvalue weighted by atomic mass is 9.95. The van der Waals surface area contributed by atoms with Crippen LogP contribution in [0.25, 0.3) is 0 Å². The van der Waals surface area contributed by atoms with E-state index in [2.05, 4.69) is 16.0 Å². The van der Waals surface area contributed by atoms with Crippen LogP contribution in [-0.4, -0.2) is 33.2 Å². The lowest BCUT2D eigenvalue weighted by Crippen LogP contribution is -2.48. The molecule has 3 rings (SSSR count). The Morgan fingerprint density at radius 3 is 2.23 bits per heavy atom. The quantitative estimate of drug-likeness (QED) is 0.711. The normalized spacial score (nSPS) is 23.7. The molecular weight excluding hydrogens is 350 g/mol. The SMILES string of the molecule is CC[S@@](=O)[C@H]1CCCC[C@@H]1NC(=O)Nc1ccc(NC(=O)C2CC2)cc1. The number of hydrogen-bond donors (Lipinski definition) is 3. The van der Waals surface area contributed by atoms with Crippen LogP contribution < -0.4 is 16.0 Å². The summed E-state index contributed by atoms with van der Waals surface area (Å²) in [7, 11) is -0.897. The van der Waals surface area contributed by atoms with Gasteiger partial charge in [0.05, 0.1) is 5.25 Å². The van der Waals surface area contributed by atoms with E-state index in [0.29, 0.717) is 11.4 Å². The number of hydrogen-bond acceptors (Lipinski definition) is 3. The second-order valence-electron chi connectivity index (χ2n) is 7.04. The molecule has 2 aliphatic rings. The van der Waals surface area contributed by atoms with E-state index in [9.17, 15) is 13.8 Å². The minimum Gasteiger partial charge on any atom is -0.334 e. The molecule has 26 heavy (non-hydrogen) atoms. The van der Waals surface area contributed by atoms with Gasteiger partial charge in [-0.15, -0.1) is 0 Å². The van der Waals surface area contributed by atoms with Gasteiger partial charge in [0.15, 0.2) is 0 Å². The topological polar surface area (TPSA) is 87.3 Å². The van der Waals surface area contributed by atoms with Crippen LogP contribution in [0.15, 0.2) is 24.3 Å². The smallest absolute Gasteiger partial charge is 0.319 e. The monoisotopic (exact) mass is 377 g/mol. The summed E-state index contributed by atoms with van der Waals surface area (Å²) in [5.41, 5.74) is 1.40. The van der Waals surface area contributed by atoms with Crippen LogP contribution in [0.5, 0.6) is 0 Å². The zero-order valence-corrected chi connectivity index (χ0v) is 15.9. The van der Waals surface area contributed by atoms with Crippen LogP contribution in [0, 0.1) is 5.92 Å². The number of amides is 3. The predicted octanol–water partition coefficient (Wildman–Crippen LogP) is 3.24. The van der Waals surface area contributed by atoms with Crippen molar-refractivity contribution in [1.82, 2.24) is 5.32 Å². The first-order chi connectivity index (χ1) is 12.6. The van der Waals surface area contributed by atoms with Gasteiger partial charge < -0.3 is 16.0 Å². The number of rotatable bonds is 6. The Morgan fingerprint density at radius 1 is 1.00 bits per heavy atom. The Balaban J connectivity index is 1.52. The molecule has 2 fully saturated rings. The van der Waals surface area contributed by atoms with Crippen LogP contribution in [-0.2, 0) is 15.6 Å². The van der Waals surface area contributed by atoms with Crippen LogP contribution in [0.3, 0.4) is 0 Å². The maximum absolute atomic E-state index is 12.3. The molecule has 3 atom stereocenters. The summed E-state index contributed by atoms with van der Waals surface area (Å²) < 4.78 is 12.2. The Bertz CT molecular complexity index is 673. The molecule has 0 unspecified atom stereocenters. The third kappa shape index (κ3) is 5.06. The van der Waals surface area contributed by atoms with E-state index in [-0.39, 0.29) is 29.1 Å². The molecule has 2 aliphatic carbocycles. The van der Waals surface area contributed by atoms with Crippen molar-refractivity contribution in [2.75, 3.05) is 16.4 Å². The summed E-state index contributed by atoms with van der Waals surface area (Å²) >= 11 is 0. The third-order valence-electron chi connectivity index (χ3n) is 5.00. The molecule has 0 aromatic heterocycles. The number of carbonyl (C=O) groups is 2. The second-order valence-corrected chi connectivity index (χ2v) is 8.98. The van der Waals surface area contributed by atoms with E-state index in [4.69, 9.17) is 0 Å². The standard InChI is InChI=1S/C19H27N3O3S/c1-2-26(25)17-6-4-3-5-16(17)22-19(24)21-15-11-9-14(10-12-15)20-18(23)13-7-8-13/h9-13,16-17H,2-8H2,1H3,(H,20,23)(H2,21,22,24)/t16-,17-,26+/m0/s1. The fraction of sp³-hybridized carbons (Fsp3) is 0.579. The van der Waals surface area contributed by atoms with Gasteiger partial charge in [-0.2, -0.15) is 0 Å². The van der Waals surface area contributed by atoms with E-state index in [1.165, 1.54) is 0 Å². The highest BCUT2D eigenvalue weighted by Crippen LogP contribution is 2.30. The summed E-state index contributed by atoms with van der Waals surface area (Å²) in [4.78, 5) is 24.1. The van der Waals surface area contributed by atoms with Crippen molar-refractivity contribution in [3.05, 3.63) is 24.3 Å². The summed E-state index contributed by atoms with van der Waals surface area (Å²) in [6, 6.07) is 6.79. The Morgan fingerprint density at radius 2 is 1.62 bits per heavy atom. The lowest BCUT2D eigenvalue weighted by Gasteiger charge is -2.31. The predicted molar refractivity (Wildman–Crippen MR) is 105 cm³/mol. The van der Waals surface area contributed by atoms with E-state index >= 15 is 0 Å². The van der Waals surface area contributed by atoms with Gasteiger partial charge in [-0.25, -0.2) is 4.79 Å². The van der Waals surface area contributed by atoms with Crippen LogP contribution in [0.4, 0.5) is 16.2 Å². The van der Waals surface area contributed by atoms with Crippen molar-refractivity contribution in [2.45, 2.75) is 56.7 Å². The number of carbonyl (C=O) groups excluding carboxylic acids is 2. The Hall–Kier alpha value is -1.89. The largest absolute Gasteiger partial charge is 0.334 e. The van der Waals surface area contributed by atoms with Crippen molar-refractivity contribution in [1.29, 1.82) is 0 Å². The van der Waals surface area contributed by atoms with Gasteiger partial charge in [0, 0.05) is 39.9 Å². The molecule has 1 aromatic carbocycles. The van der Waals surface area contributed by atoms with E-state index in [1.807, 2.05) is 6.92 Å². The van der Waals surface area contributed by atoms with Crippen molar-refractivity contribution >= 4 is 34.1 Å². The molecular formula is C19H27N3O3S. The number of benzene rings is 1. The fourth-order valence-electron chi connectivity index (χ4n) is 3.35. The molecule has 6 nitrogen and oxygen atoms in total. The van der Waals surface area contributed by atoms with Crippen LogP contribution in [0.1, 0.15) is 45.4 Å². The van der Waals surface area contributed by atoms with Crippen molar-refractivity contribution in [2.24, 2.45) is 5.92 Å². The summed E-state index contributed by atoms with van der Waals surface area (Å²) in [6.45, 7) is 1.92. The molecule has 0 radical (unpaired) electrons. The molecule has 0 heterocycles. The zero-order chi connectivity index (χ0) is 18.5. The fourth-order valence-corrected chi connectivity index (χ4v) is 4.78. The van der Waals surface area contributed by atoms with Gasteiger partial charge in [0.25, 0.3) is 0 Å². The van der Waals surface area contributed by atoms with Gasteiger partial charge in [-0.1, -0.05) is 19.8 Å². The second kappa shape index (κ2) is 8.66. The lowest BCUT2D eigenvalue weighted by molar-refractivity contribution is -0.117. The van der Waals surface area contributed by atoms with Crippen LogP contribution in [0.2, 0.25) is 0 Å². The molecule has 142 valence electrons. The first-order valence-corrected chi connectivity index (χ1v) is 10.8.